The molecular formula is C25H21ClN2OS. The molecule has 0 atom stereocenters. The fraction of sp³-hybridized carbons (Fsp3) is 0.200. The Bertz CT molecular complexity index is 1320. The highest BCUT2D eigenvalue weighted by Gasteiger charge is 2.42. The van der Waals surface area contributed by atoms with E-state index < -0.39 is 5.41 Å². The van der Waals surface area contributed by atoms with Crippen molar-refractivity contribution in [3.05, 3.63) is 70.7 Å². The van der Waals surface area contributed by atoms with Gasteiger partial charge in [-0.15, -0.1) is 11.3 Å². The largest absolute Gasteiger partial charge is 0.314 e. The number of anilines is 1. The minimum absolute atomic E-state index is 0.125. The average Bonchev–Trinajstić information content (AvgIpc) is 3.22. The lowest BCUT2D eigenvalue weighted by atomic mass is 9.85. The minimum atomic E-state index is -0.526. The van der Waals surface area contributed by atoms with Crippen LogP contribution >= 0.6 is 22.9 Å². The molecule has 0 fully saturated rings. The van der Waals surface area contributed by atoms with Crippen LogP contribution in [0.1, 0.15) is 25.0 Å². The Morgan fingerprint density at radius 3 is 2.43 bits per heavy atom. The first kappa shape index (κ1) is 19.3. The second-order valence-corrected chi connectivity index (χ2v) is 9.84. The van der Waals surface area contributed by atoms with E-state index in [9.17, 15) is 4.79 Å². The zero-order chi connectivity index (χ0) is 21.2. The van der Waals surface area contributed by atoms with Gasteiger partial charge in [0.15, 0.2) is 0 Å². The normalized spacial score (nSPS) is 15.1. The molecule has 1 aliphatic heterocycles. The third-order valence-electron chi connectivity index (χ3n) is 5.91. The fourth-order valence-electron chi connectivity index (χ4n) is 4.25. The van der Waals surface area contributed by atoms with Crippen molar-refractivity contribution in [2.75, 3.05) is 11.9 Å². The van der Waals surface area contributed by atoms with Gasteiger partial charge in [0.2, 0.25) is 5.91 Å². The number of carbonyl (C=O) groups is 1. The molecule has 150 valence electrons. The molecule has 2 heterocycles. The smallest absolute Gasteiger partial charge is 0.236 e. The molecule has 1 amide bonds. The molecule has 3 nitrogen and oxygen atoms in total. The summed E-state index contributed by atoms with van der Waals surface area (Å²) in [4.78, 5) is 19.3. The Balaban J connectivity index is 1.67. The highest BCUT2D eigenvalue weighted by atomic mass is 35.5. The van der Waals surface area contributed by atoms with Gasteiger partial charge in [-0.1, -0.05) is 23.7 Å². The van der Waals surface area contributed by atoms with E-state index in [1.807, 2.05) is 39.1 Å². The SMILES string of the molecule is Cc1cc(-c2ccc(Cl)cc2)c2sc(-c3ccc4c(c3)C(C)(C)C(=O)N4C)nc2c1. The molecule has 0 aliphatic carbocycles. The summed E-state index contributed by atoms with van der Waals surface area (Å²) >= 11 is 7.77. The summed E-state index contributed by atoms with van der Waals surface area (Å²) in [6.45, 7) is 6.07. The van der Waals surface area contributed by atoms with E-state index in [2.05, 4.69) is 43.3 Å². The van der Waals surface area contributed by atoms with Gasteiger partial charge in [0, 0.05) is 28.9 Å². The predicted octanol–water partition coefficient (Wildman–Crippen LogP) is 6.85. The fourth-order valence-corrected chi connectivity index (χ4v) is 5.45. The molecule has 0 N–H and O–H groups in total. The molecule has 4 aromatic rings. The molecule has 3 aromatic carbocycles. The number of halogens is 1. The maximum atomic E-state index is 12.6. The van der Waals surface area contributed by atoms with Crippen molar-refractivity contribution < 1.29 is 4.79 Å². The topological polar surface area (TPSA) is 33.2 Å². The summed E-state index contributed by atoms with van der Waals surface area (Å²) in [5.41, 5.74) is 7.02. The van der Waals surface area contributed by atoms with Crippen molar-refractivity contribution in [1.82, 2.24) is 4.98 Å². The van der Waals surface area contributed by atoms with Gasteiger partial charge in [-0.2, -0.15) is 0 Å². The zero-order valence-corrected chi connectivity index (χ0v) is 18.9. The van der Waals surface area contributed by atoms with Crippen LogP contribution in [0.3, 0.4) is 0 Å². The number of likely N-dealkylation sites (N-methyl/N-ethyl adjacent to an activating group) is 1. The van der Waals surface area contributed by atoms with Crippen molar-refractivity contribution in [2.45, 2.75) is 26.2 Å². The van der Waals surface area contributed by atoms with Crippen LogP contribution in [0.2, 0.25) is 5.02 Å². The summed E-state index contributed by atoms with van der Waals surface area (Å²) in [5, 5.41) is 1.69. The zero-order valence-electron chi connectivity index (χ0n) is 17.3. The van der Waals surface area contributed by atoms with Gasteiger partial charge in [-0.3, -0.25) is 4.79 Å². The quantitative estimate of drug-likeness (QED) is 0.347. The van der Waals surface area contributed by atoms with E-state index in [-0.39, 0.29) is 5.91 Å². The number of amides is 1. The molecule has 0 spiro atoms. The van der Waals surface area contributed by atoms with Gasteiger partial charge < -0.3 is 4.90 Å². The monoisotopic (exact) mass is 432 g/mol. The Morgan fingerprint density at radius 2 is 1.70 bits per heavy atom. The van der Waals surface area contributed by atoms with Gasteiger partial charge in [-0.05, 0) is 79.9 Å². The van der Waals surface area contributed by atoms with E-state index in [0.29, 0.717) is 0 Å². The van der Waals surface area contributed by atoms with Gasteiger partial charge in [-0.25, -0.2) is 4.98 Å². The molecule has 1 aromatic heterocycles. The number of fused-ring (bicyclic) bond motifs is 2. The van der Waals surface area contributed by atoms with Crippen LogP contribution in [0.15, 0.2) is 54.6 Å². The number of rotatable bonds is 2. The molecule has 0 radical (unpaired) electrons. The number of benzene rings is 3. The Kier molecular flexibility index (Phi) is 4.28. The number of aryl methyl sites for hydroxylation is 1. The van der Waals surface area contributed by atoms with Gasteiger partial charge in [0.25, 0.3) is 0 Å². The van der Waals surface area contributed by atoms with Crippen LogP contribution in [-0.2, 0) is 10.2 Å². The van der Waals surface area contributed by atoms with Crippen LogP contribution in [0.4, 0.5) is 5.69 Å². The third kappa shape index (κ3) is 2.86. The van der Waals surface area contributed by atoms with Crippen LogP contribution in [-0.4, -0.2) is 17.9 Å². The van der Waals surface area contributed by atoms with Crippen molar-refractivity contribution in [1.29, 1.82) is 0 Å². The molecule has 0 saturated carbocycles. The number of carbonyl (C=O) groups excluding carboxylic acids is 1. The van der Waals surface area contributed by atoms with Gasteiger partial charge >= 0.3 is 0 Å². The van der Waals surface area contributed by atoms with Crippen LogP contribution in [0, 0.1) is 6.92 Å². The number of nitrogens with zero attached hydrogens (tertiary/aromatic N) is 2. The van der Waals surface area contributed by atoms with E-state index >= 15 is 0 Å². The predicted molar refractivity (Wildman–Crippen MR) is 127 cm³/mol. The molecule has 1 aliphatic rings. The first-order chi connectivity index (χ1) is 14.3. The van der Waals surface area contributed by atoms with Crippen LogP contribution in [0.25, 0.3) is 31.9 Å². The first-order valence-electron chi connectivity index (χ1n) is 9.86. The van der Waals surface area contributed by atoms with Crippen molar-refractivity contribution >= 4 is 44.7 Å². The Morgan fingerprint density at radius 1 is 1.00 bits per heavy atom. The minimum Gasteiger partial charge on any atom is -0.314 e. The highest BCUT2D eigenvalue weighted by Crippen LogP contribution is 2.44. The van der Waals surface area contributed by atoms with E-state index in [1.165, 1.54) is 11.1 Å². The molecule has 0 bridgehead atoms. The summed E-state index contributed by atoms with van der Waals surface area (Å²) in [7, 11) is 1.84. The number of thiazole rings is 1. The summed E-state index contributed by atoms with van der Waals surface area (Å²) < 4.78 is 1.16. The summed E-state index contributed by atoms with van der Waals surface area (Å²) in [6, 6.07) is 18.5. The summed E-state index contributed by atoms with van der Waals surface area (Å²) in [6.07, 6.45) is 0. The van der Waals surface area contributed by atoms with Crippen molar-refractivity contribution in [3.63, 3.8) is 0 Å². The van der Waals surface area contributed by atoms with Crippen molar-refractivity contribution in [3.8, 4) is 21.7 Å². The van der Waals surface area contributed by atoms with Gasteiger partial charge in [0.1, 0.15) is 5.01 Å². The highest BCUT2D eigenvalue weighted by molar-refractivity contribution is 7.22. The molecule has 0 unspecified atom stereocenters. The average molecular weight is 433 g/mol. The van der Waals surface area contributed by atoms with Crippen molar-refractivity contribution in [2.24, 2.45) is 0 Å². The molecule has 30 heavy (non-hydrogen) atoms. The Hall–Kier alpha value is -2.69. The van der Waals surface area contributed by atoms with E-state index in [0.717, 1.165) is 42.6 Å². The summed E-state index contributed by atoms with van der Waals surface area (Å²) in [5.74, 6) is 0.125. The lowest BCUT2D eigenvalue weighted by Gasteiger charge is -2.16. The Labute approximate surface area is 184 Å². The molecule has 5 heteroatoms. The lowest BCUT2D eigenvalue weighted by molar-refractivity contribution is -0.121. The standard InChI is InChI=1S/C25H21ClN2OS/c1-14-11-18(15-5-8-17(26)9-6-15)22-20(12-14)27-23(30-22)16-7-10-21-19(13-16)25(2,3)24(29)28(21)4/h5-13H,1-4H3. The second-order valence-electron chi connectivity index (χ2n) is 8.41. The van der Waals surface area contributed by atoms with E-state index in [1.54, 1.807) is 16.2 Å². The molecule has 0 saturated heterocycles. The lowest BCUT2D eigenvalue weighted by Crippen LogP contribution is -2.33. The number of hydrogen-bond acceptors (Lipinski definition) is 3. The van der Waals surface area contributed by atoms with Crippen LogP contribution < -0.4 is 4.90 Å². The maximum absolute atomic E-state index is 12.6. The number of hydrogen-bond donors (Lipinski definition) is 0. The third-order valence-corrected chi connectivity index (χ3v) is 7.31. The number of aromatic nitrogens is 1. The second kappa shape index (κ2) is 6.66. The molecule has 5 rings (SSSR count). The van der Waals surface area contributed by atoms with E-state index in [4.69, 9.17) is 16.6 Å². The molecular weight excluding hydrogens is 412 g/mol. The maximum Gasteiger partial charge on any atom is 0.236 e. The first-order valence-corrected chi connectivity index (χ1v) is 11.1. The van der Waals surface area contributed by atoms with Crippen LogP contribution in [0.5, 0.6) is 0 Å². The van der Waals surface area contributed by atoms with Gasteiger partial charge in [0.05, 0.1) is 15.6 Å².